The molecule has 0 saturated heterocycles. The molecule has 6 N–H and O–H groups in total. The van der Waals surface area contributed by atoms with Gasteiger partial charge in [-0.2, -0.15) is 9.97 Å². The SMILES string of the molecule is CC(C)(C)OC(=O)Nc1nc(N)c2c(n1)c(CC(=O)O)cc1c(NC(=O)OC(C)(C)C)[nH]c(=O)nc12. The highest BCUT2D eigenvalue weighted by Crippen LogP contribution is 2.33. The van der Waals surface area contributed by atoms with Gasteiger partial charge in [0.25, 0.3) is 0 Å². The zero-order valence-corrected chi connectivity index (χ0v) is 20.6. The first-order chi connectivity index (χ1) is 16.5. The third kappa shape index (κ3) is 6.34. The molecule has 0 aliphatic carbocycles. The summed E-state index contributed by atoms with van der Waals surface area (Å²) < 4.78 is 10.4. The monoisotopic (exact) mass is 501 g/mol. The number of hydrogen-bond acceptors (Lipinski definition) is 10. The lowest BCUT2D eigenvalue weighted by Crippen LogP contribution is -2.28. The molecule has 0 saturated carbocycles. The summed E-state index contributed by atoms with van der Waals surface area (Å²) >= 11 is 0. The van der Waals surface area contributed by atoms with Crippen molar-refractivity contribution in [1.29, 1.82) is 0 Å². The average Bonchev–Trinajstić information content (AvgIpc) is 2.65. The number of anilines is 3. The van der Waals surface area contributed by atoms with Crippen LogP contribution in [-0.4, -0.2) is 54.4 Å². The minimum atomic E-state index is -1.19. The van der Waals surface area contributed by atoms with Crippen molar-refractivity contribution in [2.24, 2.45) is 0 Å². The molecule has 3 aromatic rings. The van der Waals surface area contributed by atoms with Crippen LogP contribution in [0.5, 0.6) is 0 Å². The lowest BCUT2D eigenvalue weighted by Gasteiger charge is -2.20. The number of benzene rings is 1. The van der Waals surface area contributed by atoms with Crippen LogP contribution in [0.2, 0.25) is 0 Å². The quantitative estimate of drug-likeness (QED) is 0.328. The van der Waals surface area contributed by atoms with Crippen molar-refractivity contribution in [3.63, 3.8) is 0 Å². The van der Waals surface area contributed by atoms with Gasteiger partial charge in [0.15, 0.2) is 0 Å². The van der Waals surface area contributed by atoms with Gasteiger partial charge in [0.1, 0.15) is 22.8 Å². The highest BCUT2D eigenvalue weighted by molar-refractivity contribution is 6.14. The molecule has 0 spiro atoms. The molecule has 0 atom stereocenters. The predicted octanol–water partition coefficient (Wildman–Crippen LogP) is 2.77. The maximum Gasteiger partial charge on any atom is 0.414 e. The molecule has 1 aromatic carbocycles. The maximum atomic E-state index is 12.4. The van der Waals surface area contributed by atoms with Gasteiger partial charge >= 0.3 is 23.8 Å². The predicted molar refractivity (Wildman–Crippen MR) is 131 cm³/mol. The molecule has 0 fully saturated rings. The highest BCUT2D eigenvalue weighted by atomic mass is 16.6. The Hall–Kier alpha value is -4.49. The summed E-state index contributed by atoms with van der Waals surface area (Å²) in [6, 6.07) is 1.39. The second-order valence-corrected chi connectivity index (χ2v) is 9.83. The topological polar surface area (TPSA) is 212 Å². The molecule has 0 unspecified atom stereocenters. The van der Waals surface area contributed by atoms with Crippen LogP contribution in [0.15, 0.2) is 10.9 Å². The average molecular weight is 502 g/mol. The number of nitrogens with zero attached hydrogens (tertiary/aromatic N) is 3. The summed E-state index contributed by atoms with van der Waals surface area (Å²) in [5, 5.41) is 14.5. The number of aliphatic carboxylic acids is 1. The first-order valence-electron chi connectivity index (χ1n) is 10.8. The standard InChI is InChI=1S/C22H27N7O7/c1-21(2,3)35-19(33)28-16-10-7-9(8-11(30)31)13-12(14(10)25-18(32)27-16)15(23)26-17(24-13)29-20(34)36-22(4,5)6/h7H,8H2,1-6H3,(H,30,31)(H3,23,24,26,29,34)(H2,25,27,28,32,33). The van der Waals surface area contributed by atoms with E-state index in [2.05, 4.69) is 30.6 Å². The summed E-state index contributed by atoms with van der Waals surface area (Å²) in [7, 11) is 0. The van der Waals surface area contributed by atoms with Gasteiger partial charge in [-0.15, -0.1) is 0 Å². The number of nitrogens with one attached hydrogen (secondary N) is 3. The van der Waals surface area contributed by atoms with Crippen molar-refractivity contribution in [2.75, 3.05) is 16.4 Å². The summed E-state index contributed by atoms with van der Waals surface area (Å²) in [5.41, 5.74) is 3.94. The molecule has 0 radical (unpaired) electrons. The Morgan fingerprint density at radius 3 is 2.11 bits per heavy atom. The molecule has 2 aromatic heterocycles. The molecule has 2 heterocycles. The number of fused-ring (bicyclic) bond motifs is 3. The van der Waals surface area contributed by atoms with E-state index in [0.29, 0.717) is 0 Å². The Morgan fingerprint density at radius 1 is 0.972 bits per heavy atom. The third-order valence-corrected chi connectivity index (χ3v) is 4.35. The van der Waals surface area contributed by atoms with Gasteiger partial charge < -0.3 is 20.3 Å². The van der Waals surface area contributed by atoms with Gasteiger partial charge in [-0.3, -0.25) is 20.4 Å². The number of amides is 2. The third-order valence-electron chi connectivity index (χ3n) is 4.35. The fourth-order valence-electron chi connectivity index (χ4n) is 3.25. The van der Waals surface area contributed by atoms with Crippen LogP contribution in [0.25, 0.3) is 21.8 Å². The molecule has 14 nitrogen and oxygen atoms in total. The molecule has 36 heavy (non-hydrogen) atoms. The second kappa shape index (κ2) is 9.28. The Morgan fingerprint density at radius 2 is 1.56 bits per heavy atom. The molecular weight excluding hydrogens is 474 g/mol. The number of aromatic amines is 1. The number of ether oxygens (including phenoxy) is 2. The van der Waals surface area contributed by atoms with Crippen LogP contribution in [0.1, 0.15) is 47.1 Å². The number of carboxylic acids is 1. The van der Waals surface area contributed by atoms with Gasteiger partial charge in [0, 0.05) is 5.39 Å². The van der Waals surface area contributed by atoms with E-state index in [9.17, 15) is 24.3 Å². The van der Waals surface area contributed by atoms with Crippen molar-refractivity contribution < 1.29 is 29.0 Å². The minimum Gasteiger partial charge on any atom is -0.481 e. The van der Waals surface area contributed by atoms with Crippen LogP contribution in [0.4, 0.5) is 27.2 Å². The first kappa shape index (κ1) is 26.1. The normalized spacial score (nSPS) is 11.8. The number of nitrogens with two attached hydrogens (primary N) is 1. The highest BCUT2D eigenvalue weighted by Gasteiger charge is 2.23. The Kier molecular flexibility index (Phi) is 6.73. The van der Waals surface area contributed by atoms with Gasteiger partial charge in [-0.05, 0) is 53.2 Å². The second-order valence-electron chi connectivity index (χ2n) is 9.83. The van der Waals surface area contributed by atoms with Gasteiger partial charge in [0.05, 0.1) is 22.8 Å². The largest absolute Gasteiger partial charge is 0.481 e. The van der Waals surface area contributed by atoms with Gasteiger partial charge in [0.2, 0.25) is 5.95 Å². The maximum absolute atomic E-state index is 12.4. The van der Waals surface area contributed by atoms with E-state index < -0.39 is 41.5 Å². The summed E-state index contributed by atoms with van der Waals surface area (Å²) in [6.45, 7) is 10.0. The summed E-state index contributed by atoms with van der Waals surface area (Å²) in [6.07, 6.45) is -2.20. The molecular formula is C22H27N7O7. The zero-order valence-electron chi connectivity index (χ0n) is 20.6. The van der Waals surface area contributed by atoms with Crippen LogP contribution in [0.3, 0.4) is 0 Å². The van der Waals surface area contributed by atoms with Crippen LogP contribution >= 0.6 is 0 Å². The van der Waals surface area contributed by atoms with Crippen LogP contribution < -0.4 is 22.1 Å². The van der Waals surface area contributed by atoms with E-state index in [1.165, 1.54) is 6.07 Å². The van der Waals surface area contributed by atoms with Gasteiger partial charge in [-0.1, -0.05) is 0 Å². The van der Waals surface area contributed by atoms with Crippen molar-refractivity contribution in [2.45, 2.75) is 59.2 Å². The molecule has 0 aliphatic heterocycles. The Labute approximate surface area is 204 Å². The number of hydrogen-bond donors (Lipinski definition) is 5. The van der Waals surface area contributed by atoms with Crippen LogP contribution in [-0.2, 0) is 20.7 Å². The van der Waals surface area contributed by atoms with Crippen molar-refractivity contribution in [3.8, 4) is 0 Å². The van der Waals surface area contributed by atoms with E-state index >= 15 is 0 Å². The lowest BCUT2D eigenvalue weighted by atomic mass is 10.0. The van der Waals surface area contributed by atoms with E-state index in [1.54, 1.807) is 41.5 Å². The van der Waals surface area contributed by atoms with Gasteiger partial charge in [-0.25, -0.2) is 19.4 Å². The molecule has 2 amide bonds. The van der Waals surface area contributed by atoms with E-state index in [4.69, 9.17) is 15.2 Å². The number of aromatic nitrogens is 4. The first-order valence-corrected chi connectivity index (χ1v) is 10.8. The summed E-state index contributed by atoms with van der Waals surface area (Å²) in [5.74, 6) is -1.70. The van der Waals surface area contributed by atoms with Crippen molar-refractivity contribution in [3.05, 3.63) is 22.1 Å². The molecule has 0 aliphatic rings. The number of nitrogen functional groups attached to an aromatic ring is 1. The van der Waals surface area contributed by atoms with E-state index in [1.807, 2.05) is 0 Å². The summed E-state index contributed by atoms with van der Waals surface area (Å²) in [4.78, 5) is 63.1. The number of carbonyl (C=O) groups excluding carboxylic acids is 2. The number of carboxylic acid groups (broad SMARTS) is 1. The fraction of sp³-hybridized carbons (Fsp3) is 0.409. The lowest BCUT2D eigenvalue weighted by molar-refractivity contribution is -0.136. The fourth-order valence-corrected chi connectivity index (χ4v) is 3.25. The number of rotatable bonds is 4. The van der Waals surface area contributed by atoms with E-state index in [0.717, 1.165) is 0 Å². The Bertz CT molecular complexity index is 1440. The van der Waals surface area contributed by atoms with E-state index in [-0.39, 0.29) is 45.0 Å². The zero-order chi connectivity index (χ0) is 27.0. The number of H-pyrrole nitrogens is 1. The van der Waals surface area contributed by atoms with Crippen molar-refractivity contribution >= 4 is 57.5 Å². The molecule has 3 rings (SSSR count). The van der Waals surface area contributed by atoms with Crippen LogP contribution in [0, 0.1) is 0 Å². The molecule has 192 valence electrons. The number of carbonyl (C=O) groups is 3. The minimum absolute atomic E-state index is 0.00951. The Balaban J connectivity index is 2.22. The van der Waals surface area contributed by atoms with Crippen molar-refractivity contribution in [1.82, 2.24) is 19.9 Å². The molecule has 0 bridgehead atoms. The smallest absolute Gasteiger partial charge is 0.414 e. The molecule has 14 heteroatoms.